The predicted molar refractivity (Wildman–Crippen MR) is 94.3 cm³/mol. The molecular weight excluding hydrogens is 334 g/mol. The predicted octanol–water partition coefficient (Wildman–Crippen LogP) is 0.0298. The fourth-order valence-electron chi connectivity index (χ4n) is 3.77. The molecule has 4 rings (SSSR count). The van der Waals surface area contributed by atoms with E-state index in [1.165, 1.54) is 4.90 Å². The minimum Gasteiger partial charge on any atom is -0.394 e. The van der Waals surface area contributed by atoms with Gasteiger partial charge in [0.05, 0.1) is 6.61 Å². The van der Waals surface area contributed by atoms with E-state index in [0.717, 1.165) is 10.8 Å². The Kier molecular flexibility index (Phi) is 4.08. The lowest BCUT2D eigenvalue weighted by atomic mass is 10.0. The molecule has 3 atom stereocenters. The Bertz CT molecular complexity index is 892. The molecule has 2 fully saturated rings. The first-order chi connectivity index (χ1) is 12.6. The third kappa shape index (κ3) is 2.70. The van der Waals surface area contributed by atoms with Gasteiger partial charge in [-0.3, -0.25) is 14.4 Å². The van der Waals surface area contributed by atoms with Crippen LogP contribution in [0.15, 0.2) is 42.5 Å². The molecule has 2 saturated heterocycles. The summed E-state index contributed by atoms with van der Waals surface area (Å²) in [6, 6.07) is 11.4. The van der Waals surface area contributed by atoms with E-state index in [4.69, 9.17) is 0 Å². The first-order valence-corrected chi connectivity index (χ1v) is 8.59. The van der Waals surface area contributed by atoms with Crippen LogP contribution in [0.3, 0.4) is 0 Å². The fraction of sp³-hybridized carbons (Fsp3) is 0.316. The SMILES string of the molecule is O=C(N[C@H]1C[C@H]2C(=O)N[C@@H](CO)C(=O)N2C1)c1cccc2ccccc12. The van der Waals surface area contributed by atoms with Gasteiger partial charge in [-0.25, -0.2) is 0 Å². The molecule has 2 heterocycles. The number of nitrogens with one attached hydrogen (secondary N) is 2. The van der Waals surface area contributed by atoms with Crippen LogP contribution in [-0.2, 0) is 9.59 Å². The summed E-state index contributed by atoms with van der Waals surface area (Å²) in [5.74, 6) is -0.817. The highest BCUT2D eigenvalue weighted by molar-refractivity contribution is 6.07. The standard InChI is InChI=1S/C19H19N3O4/c23-10-15-19(26)22-9-12(8-16(22)18(25)21-15)20-17(24)14-7-3-5-11-4-1-2-6-13(11)14/h1-7,12,15-16,23H,8-10H2,(H,20,24)(H,21,25)/t12-,15-,16-/m0/s1. The van der Waals surface area contributed by atoms with Gasteiger partial charge in [0.25, 0.3) is 5.91 Å². The number of carbonyl (C=O) groups excluding carboxylic acids is 3. The molecule has 2 aliphatic rings. The van der Waals surface area contributed by atoms with E-state index < -0.39 is 18.7 Å². The van der Waals surface area contributed by atoms with E-state index in [0.29, 0.717) is 12.0 Å². The molecule has 2 aliphatic heterocycles. The van der Waals surface area contributed by atoms with Crippen LogP contribution in [0.4, 0.5) is 0 Å². The molecular formula is C19H19N3O4. The van der Waals surface area contributed by atoms with Crippen molar-refractivity contribution in [3.05, 3.63) is 48.0 Å². The van der Waals surface area contributed by atoms with Crippen LogP contribution in [0, 0.1) is 0 Å². The van der Waals surface area contributed by atoms with E-state index >= 15 is 0 Å². The molecule has 0 radical (unpaired) electrons. The normalized spacial score (nSPS) is 25.1. The number of fused-ring (bicyclic) bond motifs is 2. The summed E-state index contributed by atoms with van der Waals surface area (Å²) in [7, 11) is 0. The third-order valence-corrected chi connectivity index (χ3v) is 5.05. The van der Waals surface area contributed by atoms with E-state index in [1.807, 2.05) is 36.4 Å². The van der Waals surface area contributed by atoms with Crippen LogP contribution in [0.1, 0.15) is 16.8 Å². The van der Waals surface area contributed by atoms with Gasteiger partial charge in [-0.2, -0.15) is 0 Å². The fourth-order valence-corrected chi connectivity index (χ4v) is 3.77. The molecule has 3 amide bonds. The summed E-state index contributed by atoms with van der Waals surface area (Å²) in [5.41, 5.74) is 0.567. The highest BCUT2D eigenvalue weighted by atomic mass is 16.3. The van der Waals surface area contributed by atoms with Gasteiger partial charge in [0, 0.05) is 18.2 Å². The number of benzene rings is 2. The quantitative estimate of drug-likeness (QED) is 0.725. The van der Waals surface area contributed by atoms with Gasteiger partial charge in [-0.05, 0) is 23.3 Å². The highest BCUT2D eigenvalue weighted by Crippen LogP contribution is 2.24. The summed E-state index contributed by atoms with van der Waals surface area (Å²) in [6.45, 7) is -0.162. The Labute approximate surface area is 150 Å². The van der Waals surface area contributed by atoms with Crippen molar-refractivity contribution in [1.29, 1.82) is 0 Å². The van der Waals surface area contributed by atoms with Crippen molar-refractivity contribution in [2.45, 2.75) is 24.5 Å². The summed E-state index contributed by atoms with van der Waals surface area (Å²) >= 11 is 0. The molecule has 26 heavy (non-hydrogen) atoms. The molecule has 0 bridgehead atoms. The molecule has 2 aromatic carbocycles. The average Bonchev–Trinajstić information content (AvgIpc) is 3.08. The zero-order valence-corrected chi connectivity index (χ0v) is 14.0. The summed E-state index contributed by atoms with van der Waals surface area (Å²) < 4.78 is 0. The van der Waals surface area contributed by atoms with Crippen LogP contribution in [0.2, 0.25) is 0 Å². The Balaban J connectivity index is 1.52. The third-order valence-electron chi connectivity index (χ3n) is 5.05. The highest BCUT2D eigenvalue weighted by Gasteiger charge is 2.46. The monoisotopic (exact) mass is 353 g/mol. The molecule has 134 valence electrons. The molecule has 7 heteroatoms. The van der Waals surface area contributed by atoms with Gasteiger partial charge in [0.2, 0.25) is 11.8 Å². The minimum absolute atomic E-state index is 0.224. The summed E-state index contributed by atoms with van der Waals surface area (Å²) in [6.07, 6.45) is 0.367. The summed E-state index contributed by atoms with van der Waals surface area (Å²) in [4.78, 5) is 38.6. The van der Waals surface area contributed by atoms with Crippen molar-refractivity contribution in [2.75, 3.05) is 13.2 Å². The Morgan fingerprint density at radius 3 is 2.77 bits per heavy atom. The summed E-state index contributed by atoms with van der Waals surface area (Å²) in [5, 5.41) is 16.5. The second-order valence-electron chi connectivity index (χ2n) is 6.68. The Hall–Kier alpha value is -2.93. The number of amides is 3. The minimum atomic E-state index is -0.897. The van der Waals surface area contributed by atoms with Crippen molar-refractivity contribution in [1.82, 2.24) is 15.5 Å². The van der Waals surface area contributed by atoms with Gasteiger partial charge >= 0.3 is 0 Å². The van der Waals surface area contributed by atoms with E-state index in [-0.39, 0.29) is 30.3 Å². The van der Waals surface area contributed by atoms with Crippen molar-refractivity contribution >= 4 is 28.5 Å². The second-order valence-corrected chi connectivity index (χ2v) is 6.68. The largest absolute Gasteiger partial charge is 0.394 e. The van der Waals surface area contributed by atoms with Crippen LogP contribution < -0.4 is 10.6 Å². The lowest BCUT2D eigenvalue weighted by Gasteiger charge is -2.33. The molecule has 0 spiro atoms. The van der Waals surface area contributed by atoms with Crippen LogP contribution in [0.5, 0.6) is 0 Å². The van der Waals surface area contributed by atoms with Gasteiger partial charge in [-0.1, -0.05) is 36.4 Å². The molecule has 3 N–H and O–H groups in total. The Morgan fingerprint density at radius 1 is 1.19 bits per heavy atom. The van der Waals surface area contributed by atoms with E-state index in [1.54, 1.807) is 6.07 Å². The first kappa shape index (κ1) is 16.5. The maximum absolute atomic E-state index is 12.7. The van der Waals surface area contributed by atoms with Gasteiger partial charge in [-0.15, -0.1) is 0 Å². The van der Waals surface area contributed by atoms with E-state index in [2.05, 4.69) is 10.6 Å². The molecule has 7 nitrogen and oxygen atoms in total. The maximum Gasteiger partial charge on any atom is 0.252 e. The first-order valence-electron chi connectivity index (χ1n) is 8.59. The number of rotatable bonds is 3. The van der Waals surface area contributed by atoms with Crippen molar-refractivity contribution in [2.24, 2.45) is 0 Å². The van der Waals surface area contributed by atoms with Crippen LogP contribution in [0.25, 0.3) is 10.8 Å². The van der Waals surface area contributed by atoms with Gasteiger partial charge in [0.15, 0.2) is 0 Å². The Morgan fingerprint density at radius 2 is 1.96 bits per heavy atom. The smallest absolute Gasteiger partial charge is 0.252 e. The van der Waals surface area contributed by atoms with Gasteiger partial charge in [0.1, 0.15) is 12.1 Å². The van der Waals surface area contributed by atoms with Crippen LogP contribution in [-0.4, -0.2) is 59.0 Å². The number of hydrogen-bond donors (Lipinski definition) is 3. The molecule has 2 aromatic rings. The lowest BCUT2D eigenvalue weighted by molar-refractivity contribution is -0.148. The molecule has 0 aliphatic carbocycles. The number of hydrogen-bond acceptors (Lipinski definition) is 4. The van der Waals surface area contributed by atoms with Crippen LogP contribution >= 0.6 is 0 Å². The maximum atomic E-state index is 12.7. The second kappa shape index (κ2) is 6.42. The van der Waals surface area contributed by atoms with Gasteiger partial charge < -0.3 is 20.6 Å². The van der Waals surface area contributed by atoms with Crippen molar-refractivity contribution in [3.8, 4) is 0 Å². The lowest BCUT2D eigenvalue weighted by Crippen LogP contribution is -2.62. The molecule has 0 aromatic heterocycles. The zero-order valence-electron chi connectivity index (χ0n) is 14.0. The average molecular weight is 353 g/mol. The van der Waals surface area contributed by atoms with Crippen molar-refractivity contribution in [3.63, 3.8) is 0 Å². The zero-order chi connectivity index (χ0) is 18.3. The number of piperazine rings is 1. The van der Waals surface area contributed by atoms with Crippen molar-refractivity contribution < 1.29 is 19.5 Å². The number of aliphatic hydroxyl groups is 1. The van der Waals surface area contributed by atoms with E-state index in [9.17, 15) is 19.5 Å². The number of carbonyl (C=O) groups is 3. The number of nitrogens with zero attached hydrogens (tertiary/aromatic N) is 1. The molecule has 0 saturated carbocycles. The molecule has 0 unspecified atom stereocenters. The topological polar surface area (TPSA) is 98.7 Å². The number of aliphatic hydroxyl groups excluding tert-OH is 1.